The quantitative estimate of drug-likeness (QED) is 0.710. The Kier molecular flexibility index (Phi) is 5.63. The molecule has 22 heavy (non-hydrogen) atoms. The minimum atomic E-state index is -4.34. The number of nitrogens with zero attached hydrogens (tertiary/aromatic N) is 2. The fraction of sp³-hybridized carbons (Fsp3) is 0.267. The maximum Gasteiger partial charge on any atom is 0.414 e. The van der Waals surface area contributed by atoms with Gasteiger partial charge < -0.3 is 0 Å². The third-order valence-corrected chi connectivity index (χ3v) is 4.97. The van der Waals surface area contributed by atoms with E-state index < -0.39 is 11.7 Å². The van der Waals surface area contributed by atoms with Crippen LogP contribution in [-0.2, 0) is 5.75 Å². The van der Waals surface area contributed by atoms with Crippen LogP contribution in [0, 0.1) is 0 Å². The molecule has 7 heteroatoms. The van der Waals surface area contributed by atoms with Crippen LogP contribution in [0.1, 0.15) is 18.9 Å². The number of rotatable bonds is 4. The van der Waals surface area contributed by atoms with Crippen LogP contribution in [0.25, 0.3) is 0 Å². The molecule has 0 aromatic heterocycles. The first-order chi connectivity index (χ1) is 10.4. The molecule has 1 aromatic rings. The summed E-state index contributed by atoms with van der Waals surface area (Å²) < 4.78 is 39.0. The molecular weight excluding hydrogens is 329 g/mol. The average Bonchev–Trinajstić information content (AvgIpc) is 2.82. The van der Waals surface area contributed by atoms with Crippen molar-refractivity contribution >= 4 is 27.9 Å². The van der Waals surface area contributed by atoms with Gasteiger partial charge in [0, 0.05) is 12.0 Å². The molecule has 0 spiro atoms. The minimum absolute atomic E-state index is 0.0973. The zero-order valence-corrected chi connectivity index (χ0v) is 13.6. The Labute approximate surface area is 136 Å². The smallest absolute Gasteiger partial charge is 0.233 e. The van der Waals surface area contributed by atoms with Gasteiger partial charge in [0.15, 0.2) is 4.38 Å². The largest absolute Gasteiger partial charge is 0.414 e. The first-order valence-electron chi connectivity index (χ1n) is 6.59. The number of benzene rings is 1. The molecule has 1 aliphatic rings. The summed E-state index contributed by atoms with van der Waals surface area (Å²) in [4.78, 5) is 0. The summed E-state index contributed by atoms with van der Waals surface area (Å²) in [6.07, 6.45) is -3.42. The van der Waals surface area contributed by atoms with Gasteiger partial charge in [0.2, 0.25) is 0 Å². The number of alkyl halides is 3. The Morgan fingerprint density at radius 3 is 2.64 bits per heavy atom. The monoisotopic (exact) mass is 344 g/mol. The molecule has 0 radical (unpaired) electrons. The van der Waals surface area contributed by atoms with Crippen LogP contribution in [0.15, 0.2) is 58.8 Å². The summed E-state index contributed by atoms with van der Waals surface area (Å²) in [5.41, 5.74) is 0.521. The molecule has 118 valence electrons. The van der Waals surface area contributed by atoms with Gasteiger partial charge in [-0.3, -0.25) is 0 Å². The zero-order valence-electron chi connectivity index (χ0n) is 11.9. The van der Waals surface area contributed by atoms with Gasteiger partial charge in [0.25, 0.3) is 0 Å². The predicted octanol–water partition coefficient (Wildman–Crippen LogP) is 5.57. The van der Waals surface area contributed by atoms with Crippen molar-refractivity contribution in [3.63, 3.8) is 0 Å². The summed E-state index contributed by atoms with van der Waals surface area (Å²) in [5, 5.41) is 5.88. The second-order valence-electron chi connectivity index (χ2n) is 4.49. The Balaban J connectivity index is 2.04. The molecule has 0 bridgehead atoms. The van der Waals surface area contributed by atoms with Crippen LogP contribution < -0.4 is 0 Å². The molecule has 0 aliphatic carbocycles. The first-order valence-corrected chi connectivity index (χ1v) is 8.39. The van der Waals surface area contributed by atoms with Crippen molar-refractivity contribution in [3.8, 4) is 0 Å². The standard InChI is InChI=1S/C15H15F3N2S2/c1-3-13(15(16,17)18)9-20-11(2)22-14(19-20)21-10-12-7-5-4-6-8-12/h4-9H,2-3,10H2,1H3/b13-9+. The Morgan fingerprint density at radius 2 is 2.05 bits per heavy atom. The third kappa shape index (κ3) is 4.58. The fourth-order valence-electron chi connectivity index (χ4n) is 1.70. The van der Waals surface area contributed by atoms with Gasteiger partial charge in [-0.2, -0.15) is 18.3 Å². The third-order valence-electron chi connectivity index (χ3n) is 2.88. The van der Waals surface area contributed by atoms with E-state index in [0.29, 0.717) is 9.40 Å². The van der Waals surface area contributed by atoms with Crippen molar-refractivity contribution in [2.24, 2.45) is 5.10 Å². The Morgan fingerprint density at radius 1 is 1.36 bits per heavy atom. The molecular formula is C15H15F3N2S2. The van der Waals surface area contributed by atoms with E-state index in [2.05, 4.69) is 11.7 Å². The molecule has 0 unspecified atom stereocenters. The highest BCUT2D eigenvalue weighted by Gasteiger charge is 2.33. The summed E-state index contributed by atoms with van der Waals surface area (Å²) >= 11 is 2.78. The van der Waals surface area contributed by atoms with Crippen LogP contribution in [-0.4, -0.2) is 15.6 Å². The van der Waals surface area contributed by atoms with E-state index >= 15 is 0 Å². The molecule has 0 saturated heterocycles. The summed E-state index contributed by atoms with van der Waals surface area (Å²) in [5.74, 6) is 0.720. The van der Waals surface area contributed by atoms with E-state index in [9.17, 15) is 13.2 Å². The number of hydrogen-bond acceptors (Lipinski definition) is 4. The predicted molar refractivity (Wildman–Crippen MR) is 88.2 cm³/mol. The van der Waals surface area contributed by atoms with E-state index in [-0.39, 0.29) is 6.42 Å². The van der Waals surface area contributed by atoms with Crippen molar-refractivity contribution < 1.29 is 13.2 Å². The van der Waals surface area contributed by atoms with E-state index in [4.69, 9.17) is 0 Å². The number of hydrogen-bond donors (Lipinski definition) is 0. The van der Waals surface area contributed by atoms with Crippen LogP contribution in [0.5, 0.6) is 0 Å². The lowest BCUT2D eigenvalue weighted by Gasteiger charge is -2.14. The summed E-state index contributed by atoms with van der Waals surface area (Å²) in [7, 11) is 0. The molecule has 1 heterocycles. The van der Waals surface area contributed by atoms with Crippen LogP contribution in [0.3, 0.4) is 0 Å². The Hall–Kier alpha value is -1.34. The number of allylic oxidation sites excluding steroid dienone is 1. The summed E-state index contributed by atoms with van der Waals surface area (Å²) in [6.45, 7) is 5.23. The van der Waals surface area contributed by atoms with Gasteiger partial charge in [0.1, 0.15) is 0 Å². The van der Waals surface area contributed by atoms with Crippen molar-refractivity contribution in [1.29, 1.82) is 0 Å². The maximum absolute atomic E-state index is 12.8. The van der Waals surface area contributed by atoms with Gasteiger partial charge in [-0.1, -0.05) is 55.6 Å². The van der Waals surface area contributed by atoms with Crippen LogP contribution in [0.4, 0.5) is 13.2 Å². The molecule has 0 N–H and O–H groups in total. The van der Waals surface area contributed by atoms with Gasteiger partial charge in [-0.15, -0.1) is 0 Å². The number of hydrazone groups is 1. The van der Waals surface area contributed by atoms with Crippen LogP contribution in [0.2, 0.25) is 0 Å². The SMILES string of the molecule is C=C1SC(SCc2ccccc2)=NN1/C=C(\CC)C(F)(F)F. The van der Waals surface area contributed by atoms with Crippen molar-refractivity contribution in [2.45, 2.75) is 25.3 Å². The van der Waals surface area contributed by atoms with Gasteiger partial charge in [-0.25, -0.2) is 5.01 Å². The molecule has 1 aliphatic heterocycles. The lowest BCUT2D eigenvalue weighted by Crippen LogP contribution is -2.15. The molecule has 0 fully saturated rings. The maximum atomic E-state index is 12.8. The minimum Gasteiger partial charge on any atom is -0.233 e. The molecule has 0 atom stereocenters. The average molecular weight is 344 g/mol. The second-order valence-corrected chi connectivity index (χ2v) is 6.77. The van der Waals surface area contributed by atoms with E-state index in [0.717, 1.165) is 17.5 Å². The van der Waals surface area contributed by atoms with Gasteiger partial charge in [-0.05, 0) is 23.7 Å². The first kappa shape index (κ1) is 17.0. The van der Waals surface area contributed by atoms with Crippen molar-refractivity contribution in [2.75, 3.05) is 0 Å². The highest BCUT2D eigenvalue weighted by molar-refractivity contribution is 8.40. The van der Waals surface area contributed by atoms with Crippen molar-refractivity contribution in [3.05, 3.63) is 59.3 Å². The fourth-order valence-corrected chi connectivity index (χ4v) is 3.55. The molecule has 1 aromatic carbocycles. The summed E-state index contributed by atoms with van der Waals surface area (Å²) in [6, 6.07) is 9.83. The van der Waals surface area contributed by atoms with Gasteiger partial charge in [0.05, 0.1) is 10.6 Å². The molecule has 0 amide bonds. The second kappa shape index (κ2) is 7.28. The molecule has 2 nitrogen and oxygen atoms in total. The van der Waals surface area contributed by atoms with E-state index in [1.807, 2.05) is 30.3 Å². The number of thioether (sulfide) groups is 2. The lowest BCUT2D eigenvalue weighted by atomic mass is 10.2. The zero-order chi connectivity index (χ0) is 16.2. The van der Waals surface area contributed by atoms with Crippen molar-refractivity contribution in [1.82, 2.24) is 5.01 Å². The van der Waals surface area contributed by atoms with E-state index in [1.165, 1.54) is 35.5 Å². The van der Waals surface area contributed by atoms with E-state index in [1.54, 1.807) is 0 Å². The number of halogens is 3. The highest BCUT2D eigenvalue weighted by atomic mass is 32.2. The topological polar surface area (TPSA) is 15.6 Å². The lowest BCUT2D eigenvalue weighted by molar-refractivity contribution is -0.0945. The highest BCUT2D eigenvalue weighted by Crippen LogP contribution is 2.37. The van der Waals surface area contributed by atoms with Crippen LogP contribution >= 0.6 is 23.5 Å². The molecule has 2 rings (SSSR count). The Bertz CT molecular complexity index is 595. The normalized spacial score (nSPS) is 16.2. The van der Waals surface area contributed by atoms with Gasteiger partial charge >= 0.3 is 6.18 Å². The molecule has 0 saturated carbocycles.